The van der Waals surface area contributed by atoms with Crippen LogP contribution in [-0.4, -0.2) is 41.0 Å². The van der Waals surface area contributed by atoms with Gasteiger partial charge in [0.1, 0.15) is 17.5 Å². The molecule has 2 bridgehead atoms. The van der Waals surface area contributed by atoms with Gasteiger partial charge < -0.3 is 15.4 Å². The summed E-state index contributed by atoms with van der Waals surface area (Å²) < 4.78 is 21.5. The second-order valence-corrected chi connectivity index (χ2v) is 10.3. The Kier molecular flexibility index (Phi) is 5.26. The van der Waals surface area contributed by atoms with E-state index < -0.39 is 40.8 Å². The minimum absolute atomic E-state index is 0.000804. The normalized spacial score (nSPS) is 32.7. The molecule has 3 aliphatic heterocycles. The van der Waals surface area contributed by atoms with E-state index in [9.17, 15) is 14.4 Å². The Morgan fingerprint density at radius 2 is 1.69 bits per heavy atom. The lowest BCUT2D eigenvalue weighted by molar-refractivity contribution is -0.131. The Hall–Kier alpha value is -3.52. The van der Waals surface area contributed by atoms with Gasteiger partial charge in [-0.2, -0.15) is 0 Å². The second-order valence-electron chi connectivity index (χ2n) is 10.3. The van der Waals surface area contributed by atoms with Crippen molar-refractivity contribution in [2.75, 3.05) is 10.2 Å². The molecule has 6 rings (SSSR count). The molecule has 2 aromatic rings. The summed E-state index contributed by atoms with van der Waals surface area (Å²) >= 11 is 0. The Morgan fingerprint density at radius 1 is 1.00 bits per heavy atom. The van der Waals surface area contributed by atoms with Crippen molar-refractivity contribution in [3.8, 4) is 0 Å². The number of amides is 3. The number of hydrogen-bond donors (Lipinski definition) is 2. The Morgan fingerprint density at radius 3 is 2.42 bits per heavy atom. The molecule has 186 valence electrons. The van der Waals surface area contributed by atoms with E-state index in [0.717, 1.165) is 25.7 Å². The van der Waals surface area contributed by atoms with Gasteiger partial charge in [-0.05, 0) is 44.0 Å². The molecular formula is C28H28FN3O4. The summed E-state index contributed by atoms with van der Waals surface area (Å²) in [5, 5.41) is 5.97. The number of rotatable bonds is 5. The van der Waals surface area contributed by atoms with E-state index in [0.29, 0.717) is 5.69 Å². The van der Waals surface area contributed by atoms with Gasteiger partial charge in [-0.3, -0.25) is 19.3 Å². The van der Waals surface area contributed by atoms with E-state index in [-0.39, 0.29) is 23.5 Å². The first-order chi connectivity index (χ1) is 17.3. The monoisotopic (exact) mass is 489 g/mol. The standard InChI is InChI=1S/C28H28FN3O4/c1-27-15-16-28(36-27)22(21(27)24(33)30-17-9-3-2-4-10-17)26(35)32(20-14-8-7-13-19(20)29)23(28)25(34)31-18-11-5-6-12-18/h2-4,7-10,13-16,18,21-23H,5-6,11-12H2,1H3,(H,30,33)(H,31,34)/t21-,22+,23-,27-,28+/m1/s1. The van der Waals surface area contributed by atoms with Gasteiger partial charge in [0.15, 0.2) is 0 Å². The molecule has 2 aromatic carbocycles. The maximum Gasteiger partial charge on any atom is 0.246 e. The molecule has 2 N–H and O–H groups in total. The molecule has 3 heterocycles. The first kappa shape index (κ1) is 22.9. The summed E-state index contributed by atoms with van der Waals surface area (Å²) in [4.78, 5) is 42.7. The third-order valence-electron chi connectivity index (χ3n) is 8.08. The van der Waals surface area contributed by atoms with E-state index in [1.165, 1.54) is 23.1 Å². The van der Waals surface area contributed by atoms with Crippen molar-refractivity contribution in [1.82, 2.24) is 5.32 Å². The fourth-order valence-corrected chi connectivity index (χ4v) is 6.53. The molecule has 0 aromatic heterocycles. The zero-order valence-corrected chi connectivity index (χ0v) is 19.9. The van der Waals surface area contributed by atoms with Crippen molar-refractivity contribution < 1.29 is 23.5 Å². The maximum atomic E-state index is 15.0. The van der Waals surface area contributed by atoms with Crippen LogP contribution in [0.5, 0.6) is 0 Å². The van der Waals surface area contributed by atoms with Gasteiger partial charge >= 0.3 is 0 Å². The van der Waals surface area contributed by atoms with Gasteiger partial charge in [0, 0.05) is 11.7 Å². The van der Waals surface area contributed by atoms with Crippen LogP contribution in [0.15, 0.2) is 66.7 Å². The van der Waals surface area contributed by atoms with Crippen LogP contribution in [0.1, 0.15) is 32.6 Å². The average molecular weight is 490 g/mol. The zero-order valence-electron chi connectivity index (χ0n) is 19.9. The van der Waals surface area contributed by atoms with Gasteiger partial charge in [-0.25, -0.2) is 4.39 Å². The van der Waals surface area contributed by atoms with Crippen molar-refractivity contribution >= 4 is 29.1 Å². The summed E-state index contributed by atoms with van der Waals surface area (Å²) in [7, 11) is 0. The van der Waals surface area contributed by atoms with Crippen LogP contribution in [0.3, 0.4) is 0 Å². The van der Waals surface area contributed by atoms with Crippen LogP contribution in [0, 0.1) is 17.7 Å². The molecule has 0 unspecified atom stereocenters. The summed E-state index contributed by atoms with van der Waals surface area (Å²) in [6.45, 7) is 1.76. The third-order valence-corrected chi connectivity index (χ3v) is 8.08. The summed E-state index contributed by atoms with van der Waals surface area (Å²) in [6.07, 6.45) is 7.28. The zero-order chi connectivity index (χ0) is 25.1. The van der Waals surface area contributed by atoms with E-state index in [2.05, 4.69) is 10.6 Å². The Balaban J connectivity index is 1.42. The Bertz CT molecular complexity index is 1260. The highest BCUT2D eigenvalue weighted by molar-refractivity contribution is 6.11. The van der Waals surface area contributed by atoms with Gasteiger partial charge in [0.05, 0.1) is 23.1 Å². The van der Waals surface area contributed by atoms with Gasteiger partial charge in [0.25, 0.3) is 0 Å². The van der Waals surface area contributed by atoms with Crippen molar-refractivity contribution in [3.63, 3.8) is 0 Å². The molecule has 3 fully saturated rings. The van der Waals surface area contributed by atoms with Crippen LogP contribution in [0.25, 0.3) is 0 Å². The van der Waals surface area contributed by atoms with Crippen LogP contribution >= 0.6 is 0 Å². The highest BCUT2D eigenvalue weighted by Gasteiger charge is 2.76. The maximum absolute atomic E-state index is 15.0. The minimum Gasteiger partial charge on any atom is -0.356 e. The SMILES string of the molecule is C[C@]12C=C[C@]3(O1)[C@H](C(=O)N(c1ccccc1F)[C@@H]3C(=O)NC1CCCC1)[C@@H]2C(=O)Nc1ccccc1. The molecule has 1 saturated carbocycles. The van der Waals surface area contributed by atoms with Crippen molar-refractivity contribution in [1.29, 1.82) is 0 Å². The molecule has 1 aliphatic carbocycles. The molecule has 4 aliphatic rings. The van der Waals surface area contributed by atoms with Crippen LogP contribution in [0.2, 0.25) is 0 Å². The number of para-hydroxylation sites is 2. The Labute approximate surface area is 208 Å². The topological polar surface area (TPSA) is 87.7 Å². The van der Waals surface area contributed by atoms with E-state index in [1.807, 2.05) is 6.07 Å². The number of nitrogens with one attached hydrogen (secondary N) is 2. The smallest absolute Gasteiger partial charge is 0.246 e. The number of ether oxygens (including phenoxy) is 1. The molecule has 0 radical (unpaired) electrons. The number of carbonyl (C=O) groups excluding carboxylic acids is 3. The van der Waals surface area contributed by atoms with Crippen LogP contribution < -0.4 is 15.5 Å². The largest absolute Gasteiger partial charge is 0.356 e. The first-order valence-electron chi connectivity index (χ1n) is 12.5. The second kappa shape index (κ2) is 8.27. The van der Waals surface area contributed by atoms with Crippen molar-refractivity contribution in [2.24, 2.45) is 11.8 Å². The summed E-state index contributed by atoms with van der Waals surface area (Å²) in [5.74, 6) is -3.74. The molecule has 1 spiro atoms. The third kappa shape index (κ3) is 3.31. The fraction of sp³-hybridized carbons (Fsp3) is 0.393. The van der Waals surface area contributed by atoms with Gasteiger partial charge in [-0.1, -0.05) is 55.3 Å². The van der Waals surface area contributed by atoms with E-state index >= 15 is 4.39 Å². The molecule has 3 amide bonds. The number of benzene rings is 2. The highest BCUT2D eigenvalue weighted by atomic mass is 19.1. The predicted octanol–water partition coefficient (Wildman–Crippen LogP) is 3.57. The molecular weight excluding hydrogens is 461 g/mol. The van der Waals surface area contributed by atoms with Crippen LogP contribution in [0.4, 0.5) is 15.8 Å². The lowest BCUT2D eigenvalue weighted by Gasteiger charge is -2.33. The summed E-state index contributed by atoms with van der Waals surface area (Å²) in [6, 6.07) is 13.7. The van der Waals surface area contributed by atoms with Crippen LogP contribution in [-0.2, 0) is 19.1 Å². The number of fused-ring (bicyclic) bond motifs is 1. The van der Waals surface area contributed by atoms with E-state index in [4.69, 9.17) is 4.74 Å². The minimum atomic E-state index is -1.38. The predicted molar refractivity (Wildman–Crippen MR) is 131 cm³/mol. The number of hydrogen-bond acceptors (Lipinski definition) is 4. The number of anilines is 2. The molecule has 2 saturated heterocycles. The summed E-state index contributed by atoms with van der Waals surface area (Å²) in [5.41, 5.74) is -1.86. The lowest BCUT2D eigenvalue weighted by Crippen LogP contribution is -2.56. The molecule has 5 atom stereocenters. The molecule has 7 nitrogen and oxygen atoms in total. The quantitative estimate of drug-likeness (QED) is 0.629. The average Bonchev–Trinajstić information content (AvgIpc) is 3.60. The van der Waals surface area contributed by atoms with Gasteiger partial charge in [0.2, 0.25) is 17.7 Å². The van der Waals surface area contributed by atoms with E-state index in [1.54, 1.807) is 49.4 Å². The molecule has 36 heavy (non-hydrogen) atoms. The first-order valence-corrected chi connectivity index (χ1v) is 12.5. The number of halogens is 1. The lowest BCUT2D eigenvalue weighted by atomic mass is 9.70. The van der Waals surface area contributed by atoms with Crippen molar-refractivity contribution in [2.45, 2.75) is 55.9 Å². The highest BCUT2D eigenvalue weighted by Crippen LogP contribution is 2.60. The van der Waals surface area contributed by atoms with Crippen molar-refractivity contribution in [3.05, 3.63) is 72.6 Å². The van der Waals surface area contributed by atoms with Gasteiger partial charge in [-0.15, -0.1) is 0 Å². The molecule has 8 heteroatoms. The number of nitrogens with zero attached hydrogens (tertiary/aromatic N) is 1. The fourth-order valence-electron chi connectivity index (χ4n) is 6.53. The number of carbonyl (C=O) groups is 3.